The predicted molar refractivity (Wildman–Crippen MR) is 131 cm³/mol. The average Bonchev–Trinajstić information content (AvgIpc) is 3.24. The Morgan fingerprint density at radius 3 is 2.66 bits per heavy atom. The van der Waals surface area contributed by atoms with Gasteiger partial charge in [0.15, 0.2) is 0 Å². The lowest BCUT2D eigenvalue weighted by molar-refractivity contribution is 0.331. The van der Waals surface area contributed by atoms with Crippen LogP contribution in [0.4, 0.5) is 11.8 Å². The molecular formula is C25H34N6O. The van der Waals surface area contributed by atoms with Crippen LogP contribution < -0.4 is 16.6 Å². The average molecular weight is 435 g/mol. The number of aromatic nitrogens is 3. The molecule has 0 amide bonds. The molecule has 0 unspecified atom stereocenters. The first-order valence-electron chi connectivity index (χ1n) is 11.7. The Bertz CT molecular complexity index is 1150. The van der Waals surface area contributed by atoms with Gasteiger partial charge >= 0.3 is 0 Å². The number of nitrogens with one attached hydrogen (secondary N) is 1. The van der Waals surface area contributed by atoms with Crippen LogP contribution in [-0.4, -0.2) is 38.6 Å². The highest BCUT2D eigenvalue weighted by Gasteiger charge is 2.15. The highest BCUT2D eigenvalue weighted by molar-refractivity contribution is 5.89. The minimum Gasteiger partial charge on any atom is -0.368 e. The summed E-state index contributed by atoms with van der Waals surface area (Å²) in [5.41, 5.74) is 10.1. The number of nitrogens with zero attached hydrogens (tertiary/aromatic N) is 4. The Balaban J connectivity index is 1.62. The Labute approximate surface area is 189 Å². The Hall–Kier alpha value is -2.93. The molecule has 1 aliphatic heterocycles. The topological polar surface area (TPSA) is 89.1 Å². The molecule has 7 heteroatoms. The Kier molecular flexibility index (Phi) is 6.74. The van der Waals surface area contributed by atoms with Gasteiger partial charge in [-0.25, -0.2) is 4.98 Å². The maximum absolute atomic E-state index is 13.4. The van der Waals surface area contributed by atoms with Crippen LogP contribution in [0.1, 0.15) is 56.2 Å². The third-order valence-corrected chi connectivity index (χ3v) is 6.30. The van der Waals surface area contributed by atoms with Crippen LogP contribution in [0.3, 0.4) is 0 Å². The number of likely N-dealkylation sites (tertiary alicyclic amines) is 1. The van der Waals surface area contributed by atoms with Crippen molar-refractivity contribution in [3.05, 3.63) is 57.5 Å². The zero-order valence-corrected chi connectivity index (χ0v) is 19.4. The molecule has 4 rings (SSSR count). The monoisotopic (exact) mass is 434 g/mol. The third kappa shape index (κ3) is 4.93. The van der Waals surface area contributed by atoms with Gasteiger partial charge < -0.3 is 15.6 Å². The van der Waals surface area contributed by atoms with E-state index < -0.39 is 0 Å². The van der Waals surface area contributed by atoms with Gasteiger partial charge in [-0.3, -0.25) is 9.69 Å². The highest BCUT2D eigenvalue weighted by Crippen LogP contribution is 2.21. The standard InChI is InChI=1S/C25H34N6O/c1-4-7-18(3)27-23-22-21(28-25(26)29-23)10-13-31(24(22)32)16-20-9-8-19(14-17(20)2)15-30-11-5-6-12-30/h8-10,13-14,18H,4-7,11-12,15-16H2,1-3H3,(H3,26,27,28,29)/t18-/m1/s1. The summed E-state index contributed by atoms with van der Waals surface area (Å²) in [4.78, 5) is 24.5. The zero-order chi connectivity index (χ0) is 22.7. The second kappa shape index (κ2) is 9.69. The lowest BCUT2D eigenvalue weighted by Crippen LogP contribution is -2.24. The molecule has 3 heterocycles. The van der Waals surface area contributed by atoms with Gasteiger partial charge in [0.1, 0.15) is 11.2 Å². The van der Waals surface area contributed by atoms with E-state index in [0.29, 0.717) is 23.3 Å². The molecule has 32 heavy (non-hydrogen) atoms. The quantitative estimate of drug-likeness (QED) is 0.558. The molecule has 1 fully saturated rings. The summed E-state index contributed by atoms with van der Waals surface area (Å²) in [5.74, 6) is 0.691. The maximum atomic E-state index is 13.4. The first-order chi connectivity index (χ1) is 15.4. The van der Waals surface area contributed by atoms with Crippen LogP contribution in [-0.2, 0) is 13.1 Å². The van der Waals surface area contributed by atoms with E-state index in [4.69, 9.17) is 5.73 Å². The van der Waals surface area contributed by atoms with Crippen LogP contribution in [0.25, 0.3) is 10.9 Å². The summed E-state index contributed by atoms with van der Waals surface area (Å²) < 4.78 is 1.74. The lowest BCUT2D eigenvalue weighted by atomic mass is 10.0. The number of benzene rings is 1. The third-order valence-electron chi connectivity index (χ3n) is 6.30. The summed E-state index contributed by atoms with van der Waals surface area (Å²) in [6, 6.07) is 8.63. The van der Waals surface area contributed by atoms with Crippen molar-refractivity contribution >= 4 is 22.7 Å². The van der Waals surface area contributed by atoms with Gasteiger partial charge in [0.25, 0.3) is 5.56 Å². The van der Waals surface area contributed by atoms with Crippen LogP contribution >= 0.6 is 0 Å². The van der Waals surface area contributed by atoms with Crippen molar-refractivity contribution in [1.82, 2.24) is 19.4 Å². The number of pyridine rings is 1. The van der Waals surface area contributed by atoms with Gasteiger partial charge in [-0.05, 0) is 69.0 Å². The molecular weight excluding hydrogens is 400 g/mol. The van der Waals surface area contributed by atoms with Gasteiger partial charge in [0, 0.05) is 18.8 Å². The predicted octanol–water partition coefficient (Wildman–Crippen LogP) is 3.93. The SMILES string of the molecule is CCC[C@@H](C)Nc1nc(N)nc2ccn(Cc3ccc(CN4CCCC4)cc3C)c(=O)c12. The van der Waals surface area contributed by atoms with Crippen molar-refractivity contribution in [1.29, 1.82) is 0 Å². The first kappa shape index (κ1) is 22.3. The molecule has 1 aromatic carbocycles. The molecule has 0 spiro atoms. The number of rotatable bonds is 8. The lowest BCUT2D eigenvalue weighted by Gasteiger charge is -2.17. The number of fused-ring (bicyclic) bond motifs is 1. The molecule has 0 saturated carbocycles. The number of hydrogen-bond acceptors (Lipinski definition) is 6. The summed E-state index contributed by atoms with van der Waals surface area (Å²) in [5, 5.41) is 3.86. The molecule has 3 N–H and O–H groups in total. The van der Waals surface area contributed by atoms with E-state index in [2.05, 4.69) is 59.2 Å². The van der Waals surface area contributed by atoms with E-state index in [1.54, 1.807) is 10.8 Å². The van der Waals surface area contributed by atoms with Gasteiger partial charge in [0.05, 0.1) is 12.1 Å². The van der Waals surface area contributed by atoms with Gasteiger partial charge in [-0.15, -0.1) is 0 Å². The van der Waals surface area contributed by atoms with E-state index in [9.17, 15) is 4.79 Å². The fourth-order valence-corrected chi connectivity index (χ4v) is 4.58. The van der Waals surface area contributed by atoms with Crippen LogP contribution in [0.15, 0.2) is 35.3 Å². The Morgan fingerprint density at radius 2 is 1.94 bits per heavy atom. The maximum Gasteiger partial charge on any atom is 0.264 e. The van der Waals surface area contributed by atoms with Crippen LogP contribution in [0.2, 0.25) is 0 Å². The fraction of sp³-hybridized carbons (Fsp3) is 0.480. The molecule has 1 aliphatic rings. The summed E-state index contributed by atoms with van der Waals surface area (Å²) >= 11 is 0. The summed E-state index contributed by atoms with van der Waals surface area (Å²) in [6.07, 6.45) is 6.42. The van der Waals surface area contributed by atoms with E-state index in [-0.39, 0.29) is 17.5 Å². The zero-order valence-electron chi connectivity index (χ0n) is 19.4. The minimum atomic E-state index is -0.103. The number of nitrogens with two attached hydrogens (primary N) is 1. The van der Waals surface area contributed by atoms with Gasteiger partial charge in [-0.2, -0.15) is 4.98 Å². The second-order valence-corrected chi connectivity index (χ2v) is 9.02. The molecule has 2 aromatic heterocycles. The van der Waals surface area contributed by atoms with E-state index in [0.717, 1.165) is 24.9 Å². The summed E-state index contributed by atoms with van der Waals surface area (Å²) in [6.45, 7) is 10.2. The van der Waals surface area contributed by atoms with Crippen molar-refractivity contribution in [3.63, 3.8) is 0 Å². The van der Waals surface area contributed by atoms with Crippen LogP contribution in [0.5, 0.6) is 0 Å². The first-order valence-corrected chi connectivity index (χ1v) is 11.7. The molecule has 0 radical (unpaired) electrons. The Morgan fingerprint density at radius 1 is 1.16 bits per heavy atom. The van der Waals surface area contributed by atoms with Gasteiger partial charge in [-0.1, -0.05) is 31.5 Å². The van der Waals surface area contributed by atoms with Crippen molar-refractivity contribution in [3.8, 4) is 0 Å². The van der Waals surface area contributed by atoms with E-state index in [1.165, 1.54) is 37.1 Å². The molecule has 1 saturated heterocycles. The fourth-order valence-electron chi connectivity index (χ4n) is 4.58. The summed E-state index contributed by atoms with van der Waals surface area (Å²) in [7, 11) is 0. The molecule has 7 nitrogen and oxygen atoms in total. The molecule has 3 aromatic rings. The van der Waals surface area contributed by atoms with E-state index in [1.807, 2.05) is 6.07 Å². The van der Waals surface area contributed by atoms with Crippen molar-refractivity contribution in [2.75, 3.05) is 24.1 Å². The number of anilines is 2. The van der Waals surface area contributed by atoms with Crippen LogP contribution in [0, 0.1) is 6.92 Å². The van der Waals surface area contributed by atoms with E-state index >= 15 is 0 Å². The highest BCUT2D eigenvalue weighted by atomic mass is 16.1. The number of aryl methyl sites for hydroxylation is 1. The van der Waals surface area contributed by atoms with Crippen molar-refractivity contribution in [2.45, 2.75) is 65.6 Å². The van der Waals surface area contributed by atoms with Crippen molar-refractivity contribution < 1.29 is 0 Å². The molecule has 1 atom stereocenters. The largest absolute Gasteiger partial charge is 0.368 e. The smallest absolute Gasteiger partial charge is 0.264 e. The minimum absolute atomic E-state index is 0.103. The number of nitrogen functional groups attached to an aromatic ring is 1. The number of hydrogen-bond donors (Lipinski definition) is 2. The molecule has 0 aliphatic carbocycles. The normalized spacial score (nSPS) is 15.3. The molecule has 0 bridgehead atoms. The molecule has 170 valence electrons. The van der Waals surface area contributed by atoms with Gasteiger partial charge in [0.2, 0.25) is 5.95 Å². The van der Waals surface area contributed by atoms with Crippen molar-refractivity contribution in [2.24, 2.45) is 0 Å². The second-order valence-electron chi connectivity index (χ2n) is 9.02.